The first-order chi connectivity index (χ1) is 16.0. The van der Waals surface area contributed by atoms with Crippen LogP contribution in [-0.2, 0) is 22.7 Å². The molecular weight excluding hydrogens is 436 g/mol. The second-order valence-corrected chi connectivity index (χ2v) is 9.24. The second-order valence-electron chi connectivity index (χ2n) is 8.25. The number of rotatable bonds is 6. The number of anilines is 2. The van der Waals surface area contributed by atoms with Gasteiger partial charge in [-0.1, -0.05) is 6.07 Å². The van der Waals surface area contributed by atoms with E-state index in [4.69, 9.17) is 19.4 Å². The van der Waals surface area contributed by atoms with E-state index < -0.39 is 0 Å². The van der Waals surface area contributed by atoms with Gasteiger partial charge in [-0.15, -0.1) is 0 Å². The fourth-order valence-corrected chi connectivity index (χ4v) is 5.19. The quantitative estimate of drug-likeness (QED) is 0.547. The number of benzene rings is 2. The summed E-state index contributed by atoms with van der Waals surface area (Å²) in [6, 6.07) is 13.9. The van der Waals surface area contributed by atoms with Crippen molar-refractivity contribution in [3.05, 3.63) is 59.3 Å². The van der Waals surface area contributed by atoms with E-state index >= 15 is 0 Å². The summed E-state index contributed by atoms with van der Waals surface area (Å²) in [5.74, 6) is 5.02. The number of likely N-dealkylation sites (N-methyl/N-ethyl adjacent to an activating group) is 1. The topological polar surface area (TPSA) is 67.8 Å². The first kappa shape index (κ1) is 21.6. The van der Waals surface area contributed by atoms with Crippen molar-refractivity contribution in [2.45, 2.75) is 17.9 Å². The van der Waals surface area contributed by atoms with Crippen molar-refractivity contribution in [3.63, 3.8) is 0 Å². The molecule has 3 aromatic rings. The molecule has 2 aliphatic heterocycles. The van der Waals surface area contributed by atoms with E-state index in [2.05, 4.69) is 11.0 Å². The summed E-state index contributed by atoms with van der Waals surface area (Å²) in [5, 5.41) is 0. The van der Waals surface area contributed by atoms with Crippen molar-refractivity contribution in [1.82, 2.24) is 14.9 Å². The van der Waals surface area contributed by atoms with Gasteiger partial charge in [0.25, 0.3) is 5.91 Å². The summed E-state index contributed by atoms with van der Waals surface area (Å²) in [6.45, 7) is 0.845. The molecule has 0 bridgehead atoms. The highest BCUT2D eigenvalue weighted by Crippen LogP contribution is 2.43. The summed E-state index contributed by atoms with van der Waals surface area (Å²) in [5.41, 5.74) is 5.49. The third-order valence-electron chi connectivity index (χ3n) is 5.99. The van der Waals surface area contributed by atoms with Crippen molar-refractivity contribution in [2.75, 3.05) is 39.3 Å². The summed E-state index contributed by atoms with van der Waals surface area (Å²) in [4.78, 5) is 25.7. The molecule has 33 heavy (non-hydrogen) atoms. The average molecular weight is 463 g/mol. The van der Waals surface area contributed by atoms with Crippen molar-refractivity contribution >= 4 is 29.2 Å². The van der Waals surface area contributed by atoms with Crippen LogP contribution in [0.3, 0.4) is 0 Å². The number of methoxy groups -OCH3 is 1. The molecule has 0 radical (unpaired) electrons. The highest BCUT2D eigenvalue weighted by Gasteiger charge is 2.30. The predicted octanol–water partition coefficient (Wildman–Crippen LogP) is 4.06. The molecule has 2 aromatic carbocycles. The minimum absolute atomic E-state index is 0.0324. The van der Waals surface area contributed by atoms with Gasteiger partial charge >= 0.3 is 0 Å². The standard InChI is InChI=1S/C25H26N4O3S/c1-28(2)23(30)13-32-22-6-4-5-21-18(22)11-12-29(21)25-19-14-33-15-20(19)26-24(27-25)16-7-9-17(31-3)10-8-16/h4-10H,11-15H2,1-3H3. The number of ether oxygens (including phenoxy) is 2. The smallest absolute Gasteiger partial charge is 0.259 e. The Labute approximate surface area is 197 Å². The Kier molecular flexibility index (Phi) is 5.85. The minimum atomic E-state index is -0.0581. The Morgan fingerprint density at radius 3 is 2.67 bits per heavy atom. The van der Waals surface area contributed by atoms with Gasteiger partial charge in [-0.3, -0.25) is 4.79 Å². The van der Waals surface area contributed by atoms with Crippen molar-refractivity contribution < 1.29 is 14.3 Å². The van der Waals surface area contributed by atoms with Gasteiger partial charge < -0.3 is 19.3 Å². The lowest BCUT2D eigenvalue weighted by Crippen LogP contribution is -2.27. The van der Waals surface area contributed by atoms with Gasteiger partial charge in [-0.25, -0.2) is 9.97 Å². The molecule has 170 valence electrons. The summed E-state index contributed by atoms with van der Waals surface area (Å²) in [7, 11) is 5.13. The van der Waals surface area contributed by atoms with Crippen LogP contribution in [0, 0.1) is 0 Å². The number of fused-ring (bicyclic) bond motifs is 2. The van der Waals surface area contributed by atoms with Gasteiger partial charge in [0.2, 0.25) is 0 Å². The highest BCUT2D eigenvalue weighted by atomic mass is 32.2. The van der Waals surface area contributed by atoms with Gasteiger partial charge in [0.1, 0.15) is 17.3 Å². The minimum Gasteiger partial charge on any atom is -0.497 e. The zero-order valence-corrected chi connectivity index (χ0v) is 19.8. The van der Waals surface area contributed by atoms with E-state index in [1.54, 1.807) is 21.2 Å². The maximum absolute atomic E-state index is 12.0. The monoisotopic (exact) mass is 462 g/mol. The van der Waals surface area contributed by atoms with E-state index in [1.807, 2.05) is 48.2 Å². The lowest BCUT2D eigenvalue weighted by atomic mass is 10.1. The summed E-state index contributed by atoms with van der Waals surface area (Å²) in [6.07, 6.45) is 0.839. The Morgan fingerprint density at radius 1 is 1.09 bits per heavy atom. The van der Waals surface area contributed by atoms with Crippen LogP contribution in [0.1, 0.15) is 16.8 Å². The number of amides is 1. The Balaban J connectivity index is 1.50. The third-order valence-corrected chi connectivity index (χ3v) is 6.96. The molecule has 3 heterocycles. The maximum atomic E-state index is 12.0. The molecule has 0 atom stereocenters. The molecule has 2 aliphatic rings. The summed E-state index contributed by atoms with van der Waals surface area (Å²) >= 11 is 1.87. The number of hydrogen-bond acceptors (Lipinski definition) is 7. The van der Waals surface area contributed by atoms with Crippen LogP contribution in [0.2, 0.25) is 0 Å². The molecular formula is C25H26N4O3S. The molecule has 0 unspecified atom stereocenters. The van der Waals surface area contributed by atoms with Gasteiger partial charge in [0.05, 0.1) is 12.8 Å². The van der Waals surface area contributed by atoms with Crippen molar-refractivity contribution in [1.29, 1.82) is 0 Å². The first-order valence-electron chi connectivity index (χ1n) is 10.9. The lowest BCUT2D eigenvalue weighted by Gasteiger charge is -2.22. The molecule has 0 aliphatic carbocycles. The Bertz CT molecular complexity index is 1200. The molecule has 7 nitrogen and oxygen atoms in total. The molecule has 0 saturated carbocycles. The second kappa shape index (κ2) is 8.94. The molecule has 0 spiro atoms. The largest absolute Gasteiger partial charge is 0.497 e. The van der Waals surface area contributed by atoms with Gasteiger partial charge in [-0.05, 0) is 42.8 Å². The van der Waals surface area contributed by atoms with Crippen molar-refractivity contribution in [2.24, 2.45) is 0 Å². The van der Waals surface area contributed by atoms with Crippen LogP contribution in [0.5, 0.6) is 11.5 Å². The zero-order chi connectivity index (χ0) is 22.9. The summed E-state index contributed by atoms with van der Waals surface area (Å²) < 4.78 is 11.2. The fraction of sp³-hybridized carbons (Fsp3) is 0.320. The Hall–Kier alpha value is -3.26. The number of aromatic nitrogens is 2. The number of hydrogen-bond donors (Lipinski definition) is 0. The zero-order valence-electron chi connectivity index (χ0n) is 19.0. The molecule has 0 saturated heterocycles. The fourth-order valence-electron chi connectivity index (χ4n) is 4.15. The molecule has 8 heteroatoms. The van der Waals surface area contributed by atoms with Crippen LogP contribution < -0.4 is 14.4 Å². The first-order valence-corrected chi connectivity index (χ1v) is 12.0. The molecule has 1 aromatic heterocycles. The van der Waals surface area contributed by atoms with Crippen molar-refractivity contribution in [3.8, 4) is 22.9 Å². The number of carbonyl (C=O) groups excluding carboxylic acids is 1. The highest BCUT2D eigenvalue weighted by molar-refractivity contribution is 7.98. The maximum Gasteiger partial charge on any atom is 0.259 e. The molecule has 0 N–H and O–H groups in total. The Morgan fingerprint density at radius 2 is 1.91 bits per heavy atom. The van der Waals surface area contributed by atoms with E-state index in [-0.39, 0.29) is 12.5 Å². The van der Waals surface area contributed by atoms with Crippen LogP contribution >= 0.6 is 11.8 Å². The van der Waals surface area contributed by atoms with Crippen LogP contribution in [0.4, 0.5) is 11.5 Å². The van der Waals surface area contributed by atoms with Crippen LogP contribution in [0.25, 0.3) is 11.4 Å². The third kappa shape index (κ3) is 4.11. The van der Waals surface area contributed by atoms with Gasteiger partial charge in [-0.2, -0.15) is 11.8 Å². The van der Waals surface area contributed by atoms with Crippen LogP contribution in [0.15, 0.2) is 42.5 Å². The van der Waals surface area contributed by atoms with Crippen LogP contribution in [-0.4, -0.2) is 55.1 Å². The number of carbonyl (C=O) groups is 1. The van der Waals surface area contributed by atoms with E-state index in [0.717, 1.165) is 70.1 Å². The predicted molar refractivity (Wildman–Crippen MR) is 130 cm³/mol. The molecule has 1 amide bonds. The number of nitrogens with zero attached hydrogens (tertiary/aromatic N) is 4. The molecule has 0 fully saturated rings. The lowest BCUT2D eigenvalue weighted by molar-refractivity contribution is -0.130. The molecule has 5 rings (SSSR count). The van der Waals surface area contributed by atoms with E-state index in [9.17, 15) is 4.79 Å². The average Bonchev–Trinajstić information content (AvgIpc) is 3.49. The van der Waals surface area contributed by atoms with Gasteiger partial charge in [0, 0.05) is 54.5 Å². The van der Waals surface area contributed by atoms with Gasteiger partial charge in [0.15, 0.2) is 12.4 Å². The number of thioether (sulfide) groups is 1. The van der Waals surface area contributed by atoms with E-state index in [0.29, 0.717) is 0 Å². The SMILES string of the molecule is COc1ccc(-c2nc3c(c(N4CCc5c(OCC(=O)N(C)C)cccc54)n2)CSC3)cc1. The normalized spacial score (nSPS) is 14.1. The van der Waals surface area contributed by atoms with E-state index in [1.165, 1.54) is 10.5 Å².